The van der Waals surface area contributed by atoms with Gasteiger partial charge in [0.1, 0.15) is 0 Å². The monoisotopic (exact) mass is 286 g/mol. The molecule has 6 heteroatoms. The molecule has 3 unspecified atom stereocenters. The predicted molar refractivity (Wildman–Crippen MR) is 75.1 cm³/mol. The zero-order chi connectivity index (χ0) is 14.6. The molecule has 19 heavy (non-hydrogen) atoms. The third-order valence-electron chi connectivity index (χ3n) is 3.36. The van der Waals surface area contributed by atoms with Crippen LogP contribution in [0.2, 0.25) is 0 Å². The van der Waals surface area contributed by atoms with Gasteiger partial charge in [-0.3, -0.25) is 0 Å². The molecule has 1 aromatic rings. The minimum atomic E-state index is -3.64. The molecule has 3 atom stereocenters. The maximum Gasteiger partial charge on any atom is 0.238 e. The Morgan fingerprint density at radius 1 is 1.21 bits per heavy atom. The van der Waals surface area contributed by atoms with E-state index in [9.17, 15) is 8.42 Å². The van der Waals surface area contributed by atoms with Gasteiger partial charge in [0.15, 0.2) is 0 Å². The molecule has 0 fully saturated rings. The molecule has 0 bridgehead atoms. The van der Waals surface area contributed by atoms with Gasteiger partial charge in [-0.05, 0) is 37.5 Å². The summed E-state index contributed by atoms with van der Waals surface area (Å²) in [6.45, 7) is 6.10. The van der Waals surface area contributed by atoms with Crippen molar-refractivity contribution in [2.24, 2.45) is 11.1 Å². The number of primary sulfonamides is 1. The number of hydrogen-bond acceptors (Lipinski definition) is 4. The summed E-state index contributed by atoms with van der Waals surface area (Å²) >= 11 is 0. The van der Waals surface area contributed by atoms with Gasteiger partial charge in [-0.2, -0.15) is 0 Å². The maximum atomic E-state index is 11.2. The van der Waals surface area contributed by atoms with Crippen LogP contribution in [-0.2, 0) is 10.0 Å². The first-order valence-electron chi connectivity index (χ1n) is 6.25. The summed E-state index contributed by atoms with van der Waals surface area (Å²) in [6.07, 6.45) is 0. The molecule has 108 valence electrons. The molecular weight excluding hydrogens is 264 g/mol. The fourth-order valence-electron chi connectivity index (χ4n) is 1.76. The smallest absolute Gasteiger partial charge is 0.238 e. The quantitative estimate of drug-likeness (QED) is 0.727. The number of aliphatic hydroxyl groups excluding tert-OH is 1. The SMILES string of the molecule is CC(NC(C)C(C)CO)c1ccc(S(N)(=O)=O)cc1. The largest absolute Gasteiger partial charge is 0.396 e. The van der Waals surface area contributed by atoms with Crippen LogP contribution in [0.1, 0.15) is 32.4 Å². The van der Waals surface area contributed by atoms with Gasteiger partial charge in [-0.25, -0.2) is 13.6 Å². The van der Waals surface area contributed by atoms with Crippen LogP contribution in [0.25, 0.3) is 0 Å². The zero-order valence-electron chi connectivity index (χ0n) is 11.5. The molecule has 0 radical (unpaired) electrons. The summed E-state index contributed by atoms with van der Waals surface area (Å²) in [5, 5.41) is 17.5. The van der Waals surface area contributed by atoms with Crippen molar-refractivity contribution in [3.05, 3.63) is 29.8 Å². The van der Waals surface area contributed by atoms with Gasteiger partial charge in [-0.1, -0.05) is 19.1 Å². The van der Waals surface area contributed by atoms with Gasteiger partial charge >= 0.3 is 0 Å². The average Bonchev–Trinajstić information content (AvgIpc) is 2.36. The van der Waals surface area contributed by atoms with Gasteiger partial charge in [0.25, 0.3) is 0 Å². The lowest BCUT2D eigenvalue weighted by atomic mass is 10.0. The molecule has 0 aliphatic heterocycles. The van der Waals surface area contributed by atoms with Crippen LogP contribution in [0, 0.1) is 5.92 Å². The lowest BCUT2D eigenvalue weighted by Crippen LogP contribution is -2.35. The third-order valence-corrected chi connectivity index (χ3v) is 4.29. The molecule has 1 rings (SSSR count). The highest BCUT2D eigenvalue weighted by molar-refractivity contribution is 7.89. The number of nitrogens with one attached hydrogen (secondary N) is 1. The Morgan fingerprint density at radius 2 is 1.74 bits per heavy atom. The molecule has 0 saturated heterocycles. The predicted octanol–water partition coefficient (Wildman–Crippen LogP) is 1.00. The third kappa shape index (κ3) is 4.58. The summed E-state index contributed by atoms with van der Waals surface area (Å²) < 4.78 is 22.3. The molecule has 1 aromatic carbocycles. The summed E-state index contributed by atoms with van der Waals surface area (Å²) in [6, 6.07) is 6.73. The van der Waals surface area contributed by atoms with Crippen LogP contribution in [0.4, 0.5) is 0 Å². The van der Waals surface area contributed by atoms with Crippen LogP contribution < -0.4 is 10.5 Å². The van der Waals surface area contributed by atoms with E-state index in [-0.39, 0.29) is 29.5 Å². The van der Waals surface area contributed by atoms with E-state index in [1.54, 1.807) is 12.1 Å². The Hall–Kier alpha value is -0.950. The average molecular weight is 286 g/mol. The van der Waals surface area contributed by atoms with Gasteiger partial charge in [-0.15, -0.1) is 0 Å². The first-order chi connectivity index (χ1) is 8.75. The van der Waals surface area contributed by atoms with E-state index < -0.39 is 10.0 Å². The standard InChI is InChI=1S/C13H22N2O3S/c1-9(8-16)10(2)15-11(3)12-4-6-13(7-5-12)19(14,17)18/h4-7,9-11,15-16H,8H2,1-3H3,(H2,14,17,18). The number of hydrogen-bond donors (Lipinski definition) is 3. The van der Waals surface area contributed by atoms with E-state index in [0.29, 0.717) is 0 Å². The summed E-state index contributed by atoms with van der Waals surface area (Å²) in [7, 11) is -3.64. The van der Waals surface area contributed by atoms with E-state index in [2.05, 4.69) is 5.32 Å². The van der Waals surface area contributed by atoms with Crippen molar-refractivity contribution in [2.75, 3.05) is 6.61 Å². The Morgan fingerprint density at radius 3 is 2.16 bits per heavy atom. The molecule has 0 spiro atoms. The normalized spacial score (nSPS) is 16.9. The Labute approximate surface area is 114 Å². The highest BCUT2D eigenvalue weighted by Gasteiger charge is 2.15. The van der Waals surface area contributed by atoms with Crippen LogP contribution in [-0.4, -0.2) is 26.2 Å². The van der Waals surface area contributed by atoms with Crippen LogP contribution in [0.5, 0.6) is 0 Å². The van der Waals surface area contributed by atoms with E-state index in [1.165, 1.54) is 12.1 Å². The lowest BCUT2D eigenvalue weighted by Gasteiger charge is -2.24. The lowest BCUT2D eigenvalue weighted by molar-refractivity contribution is 0.202. The van der Waals surface area contributed by atoms with Crippen molar-refractivity contribution in [1.82, 2.24) is 5.32 Å². The molecule has 0 heterocycles. The maximum absolute atomic E-state index is 11.2. The number of nitrogens with two attached hydrogens (primary N) is 1. The second-order valence-electron chi connectivity index (χ2n) is 4.95. The Bertz CT molecular complexity index is 499. The number of benzene rings is 1. The second-order valence-corrected chi connectivity index (χ2v) is 6.51. The fraction of sp³-hybridized carbons (Fsp3) is 0.538. The van der Waals surface area contributed by atoms with Crippen molar-refractivity contribution >= 4 is 10.0 Å². The zero-order valence-corrected chi connectivity index (χ0v) is 12.3. The molecule has 0 aromatic heterocycles. The van der Waals surface area contributed by atoms with Crippen molar-refractivity contribution in [2.45, 2.75) is 37.8 Å². The minimum Gasteiger partial charge on any atom is -0.396 e. The first kappa shape index (κ1) is 16.1. The van der Waals surface area contributed by atoms with Crippen LogP contribution in [0.15, 0.2) is 29.2 Å². The van der Waals surface area contributed by atoms with Crippen LogP contribution in [0.3, 0.4) is 0 Å². The molecule has 5 nitrogen and oxygen atoms in total. The van der Waals surface area contributed by atoms with E-state index >= 15 is 0 Å². The summed E-state index contributed by atoms with van der Waals surface area (Å²) in [5.41, 5.74) is 0.976. The van der Waals surface area contributed by atoms with Crippen molar-refractivity contribution in [1.29, 1.82) is 0 Å². The first-order valence-corrected chi connectivity index (χ1v) is 7.80. The van der Waals surface area contributed by atoms with Gasteiger partial charge in [0.05, 0.1) is 4.90 Å². The van der Waals surface area contributed by atoms with Crippen molar-refractivity contribution < 1.29 is 13.5 Å². The molecule has 0 aliphatic carbocycles. The van der Waals surface area contributed by atoms with Gasteiger partial charge in [0.2, 0.25) is 10.0 Å². The topological polar surface area (TPSA) is 92.4 Å². The summed E-state index contributed by atoms with van der Waals surface area (Å²) in [5.74, 6) is 0.158. The number of rotatable bonds is 6. The summed E-state index contributed by atoms with van der Waals surface area (Å²) in [4.78, 5) is 0.111. The number of sulfonamides is 1. The molecular formula is C13H22N2O3S. The minimum absolute atomic E-state index is 0.0681. The van der Waals surface area contributed by atoms with E-state index in [1.807, 2.05) is 20.8 Å². The van der Waals surface area contributed by atoms with Crippen LogP contribution >= 0.6 is 0 Å². The second kappa shape index (κ2) is 6.47. The molecule has 0 saturated carbocycles. The highest BCUT2D eigenvalue weighted by Crippen LogP contribution is 2.17. The Balaban J connectivity index is 2.76. The Kier molecular flexibility index (Phi) is 5.49. The van der Waals surface area contributed by atoms with Gasteiger partial charge < -0.3 is 10.4 Å². The molecule has 4 N–H and O–H groups in total. The number of aliphatic hydroxyl groups is 1. The molecule has 0 amide bonds. The van der Waals surface area contributed by atoms with E-state index in [0.717, 1.165) is 5.56 Å². The van der Waals surface area contributed by atoms with Gasteiger partial charge in [0, 0.05) is 18.7 Å². The molecule has 0 aliphatic rings. The highest BCUT2D eigenvalue weighted by atomic mass is 32.2. The van der Waals surface area contributed by atoms with Crippen molar-refractivity contribution in [3.8, 4) is 0 Å². The van der Waals surface area contributed by atoms with Crippen molar-refractivity contribution in [3.63, 3.8) is 0 Å². The van der Waals surface area contributed by atoms with E-state index in [4.69, 9.17) is 10.2 Å². The fourth-order valence-corrected chi connectivity index (χ4v) is 2.27.